The van der Waals surface area contributed by atoms with Gasteiger partial charge >= 0.3 is 0 Å². The van der Waals surface area contributed by atoms with Gasteiger partial charge in [-0.05, 0) is 19.8 Å². The van der Waals surface area contributed by atoms with E-state index in [1.165, 1.54) is 31.3 Å². The average molecular weight is 172 g/mol. The van der Waals surface area contributed by atoms with E-state index >= 15 is 0 Å². The van der Waals surface area contributed by atoms with Crippen molar-refractivity contribution in [2.75, 3.05) is 0 Å². The van der Waals surface area contributed by atoms with E-state index in [9.17, 15) is 0 Å². The molecular weight excluding hydrogens is 144 g/mol. The molecule has 0 nitrogen and oxygen atoms in total. The highest BCUT2D eigenvalue weighted by Gasteiger charge is 1.81. The van der Waals surface area contributed by atoms with E-state index in [1.807, 2.05) is 13.8 Å². The van der Waals surface area contributed by atoms with Crippen LogP contribution in [0.5, 0.6) is 0 Å². The molecule has 0 heteroatoms. The van der Waals surface area contributed by atoms with Gasteiger partial charge in [0, 0.05) is 0 Å². The van der Waals surface area contributed by atoms with Gasteiger partial charge in [-0.1, -0.05) is 53.0 Å². The van der Waals surface area contributed by atoms with Crippen LogP contribution in [-0.4, -0.2) is 0 Å². The molecule has 0 N–H and O–H groups in total. The smallest absolute Gasteiger partial charge is 0.0326 e. The molecule has 0 aliphatic rings. The maximum Gasteiger partial charge on any atom is -0.0326 e. The standard InChI is InChI=1S/C7H14.C3H8.C2H6/c1-4-5-6-7(2)3;1-3-2;1-2/h2,4-6H2,1,3H3;3H2,1-2H3;1-2H3. The molecule has 0 aromatic heterocycles. The minimum Gasteiger partial charge on any atom is -0.100 e. The van der Waals surface area contributed by atoms with E-state index < -0.39 is 0 Å². The van der Waals surface area contributed by atoms with Crippen LogP contribution in [0.3, 0.4) is 0 Å². The summed E-state index contributed by atoms with van der Waals surface area (Å²) < 4.78 is 0. The van der Waals surface area contributed by atoms with Crippen molar-refractivity contribution >= 4 is 0 Å². The topological polar surface area (TPSA) is 0 Å². The Bertz CT molecular complexity index is 62.4. The van der Waals surface area contributed by atoms with Crippen molar-refractivity contribution in [1.82, 2.24) is 0 Å². The molecule has 0 aromatic carbocycles. The lowest BCUT2D eigenvalue weighted by atomic mass is 10.2. The molecule has 0 saturated carbocycles. The summed E-state index contributed by atoms with van der Waals surface area (Å²) in [5, 5.41) is 0. The van der Waals surface area contributed by atoms with E-state index in [1.54, 1.807) is 0 Å². The van der Waals surface area contributed by atoms with Crippen LogP contribution in [0.2, 0.25) is 0 Å². The van der Waals surface area contributed by atoms with Crippen LogP contribution < -0.4 is 0 Å². The summed E-state index contributed by atoms with van der Waals surface area (Å²) in [7, 11) is 0. The van der Waals surface area contributed by atoms with E-state index in [4.69, 9.17) is 0 Å². The van der Waals surface area contributed by atoms with Crippen LogP contribution in [-0.2, 0) is 0 Å². The molecule has 0 aliphatic heterocycles. The second-order valence-electron chi connectivity index (χ2n) is 2.77. The lowest BCUT2D eigenvalue weighted by Gasteiger charge is -1.91. The number of allylic oxidation sites excluding steroid dienone is 1. The maximum atomic E-state index is 3.79. The lowest BCUT2D eigenvalue weighted by molar-refractivity contribution is 0.789. The summed E-state index contributed by atoms with van der Waals surface area (Å²) in [4.78, 5) is 0. The molecule has 12 heavy (non-hydrogen) atoms. The first-order valence-electron chi connectivity index (χ1n) is 5.33. The van der Waals surface area contributed by atoms with Gasteiger partial charge in [-0.3, -0.25) is 0 Å². The van der Waals surface area contributed by atoms with E-state index in [2.05, 4.69) is 34.3 Å². The maximum absolute atomic E-state index is 3.79. The Morgan fingerprint density at radius 2 is 1.42 bits per heavy atom. The van der Waals surface area contributed by atoms with Crippen LogP contribution in [0.1, 0.15) is 67.2 Å². The Balaban J connectivity index is -0.000000137. The normalized spacial score (nSPS) is 7.17. The molecule has 0 rings (SSSR count). The van der Waals surface area contributed by atoms with Gasteiger partial charge in [0.2, 0.25) is 0 Å². The van der Waals surface area contributed by atoms with Gasteiger partial charge in [0.15, 0.2) is 0 Å². The monoisotopic (exact) mass is 172 g/mol. The van der Waals surface area contributed by atoms with Crippen molar-refractivity contribution in [1.29, 1.82) is 0 Å². The lowest BCUT2D eigenvalue weighted by Crippen LogP contribution is -1.71. The molecule has 0 bridgehead atoms. The van der Waals surface area contributed by atoms with Gasteiger partial charge in [0.05, 0.1) is 0 Å². The zero-order valence-corrected chi connectivity index (χ0v) is 10.0. The van der Waals surface area contributed by atoms with Gasteiger partial charge in [0.1, 0.15) is 0 Å². The third-order valence-corrected chi connectivity index (χ3v) is 0.957. The van der Waals surface area contributed by atoms with Gasteiger partial charge in [-0.25, -0.2) is 0 Å². The third kappa shape index (κ3) is 53.2. The van der Waals surface area contributed by atoms with Crippen molar-refractivity contribution in [3.05, 3.63) is 12.2 Å². The van der Waals surface area contributed by atoms with Gasteiger partial charge in [0.25, 0.3) is 0 Å². The highest BCUT2D eigenvalue weighted by Crippen LogP contribution is 2.01. The Labute approximate surface area is 80.1 Å². The van der Waals surface area contributed by atoms with Crippen molar-refractivity contribution in [2.24, 2.45) is 0 Å². The van der Waals surface area contributed by atoms with Crippen molar-refractivity contribution < 1.29 is 0 Å². The van der Waals surface area contributed by atoms with E-state index in [0.29, 0.717) is 0 Å². The first kappa shape index (κ1) is 17.7. The minimum absolute atomic E-state index is 1.20. The van der Waals surface area contributed by atoms with Crippen molar-refractivity contribution in [3.8, 4) is 0 Å². The Kier molecular flexibility index (Phi) is 33.1. The Morgan fingerprint density at radius 1 is 1.08 bits per heavy atom. The summed E-state index contributed by atoms with van der Waals surface area (Å²) in [5.74, 6) is 0. The van der Waals surface area contributed by atoms with Crippen LogP contribution in [0, 0.1) is 0 Å². The van der Waals surface area contributed by atoms with Crippen LogP contribution in [0.15, 0.2) is 12.2 Å². The number of unbranched alkanes of at least 4 members (excludes halogenated alkanes) is 1. The van der Waals surface area contributed by atoms with E-state index in [-0.39, 0.29) is 0 Å². The van der Waals surface area contributed by atoms with Crippen molar-refractivity contribution in [3.63, 3.8) is 0 Å². The SMILES string of the molecule is C=C(C)CCCC.CC.CCC. The van der Waals surface area contributed by atoms with Gasteiger partial charge < -0.3 is 0 Å². The number of rotatable bonds is 3. The molecule has 0 fully saturated rings. The minimum atomic E-state index is 1.20. The molecule has 0 radical (unpaired) electrons. The molecule has 0 aromatic rings. The molecule has 0 amide bonds. The second-order valence-corrected chi connectivity index (χ2v) is 2.77. The largest absolute Gasteiger partial charge is 0.100 e. The fourth-order valence-corrected chi connectivity index (χ4v) is 0.479. The van der Waals surface area contributed by atoms with Crippen LogP contribution in [0.4, 0.5) is 0 Å². The molecule has 76 valence electrons. The molecule has 0 atom stereocenters. The quantitative estimate of drug-likeness (QED) is 0.514. The molecule has 0 aliphatic carbocycles. The Morgan fingerprint density at radius 3 is 1.50 bits per heavy atom. The highest BCUT2D eigenvalue weighted by atomic mass is 13.9. The zero-order valence-electron chi connectivity index (χ0n) is 10.0. The summed E-state index contributed by atoms with van der Waals surface area (Å²) >= 11 is 0. The first-order valence-corrected chi connectivity index (χ1v) is 5.33. The summed E-state index contributed by atoms with van der Waals surface area (Å²) in [6, 6.07) is 0. The number of hydrogen-bond acceptors (Lipinski definition) is 0. The Hall–Kier alpha value is -0.260. The average Bonchev–Trinajstić information content (AvgIpc) is 2.06. The predicted molar refractivity (Wildman–Crippen MR) is 61.7 cm³/mol. The van der Waals surface area contributed by atoms with Gasteiger partial charge in [-0.2, -0.15) is 0 Å². The molecule has 0 spiro atoms. The highest BCUT2D eigenvalue weighted by molar-refractivity contribution is 4.86. The van der Waals surface area contributed by atoms with Crippen LogP contribution in [0.25, 0.3) is 0 Å². The fraction of sp³-hybridized carbons (Fsp3) is 0.833. The van der Waals surface area contributed by atoms with Crippen molar-refractivity contribution in [2.45, 2.75) is 67.2 Å². The predicted octanol–water partition coefficient (Wildman–Crippen LogP) is 5.20. The number of hydrogen-bond donors (Lipinski definition) is 0. The van der Waals surface area contributed by atoms with Crippen LogP contribution >= 0.6 is 0 Å². The van der Waals surface area contributed by atoms with E-state index in [0.717, 1.165) is 0 Å². The molecule has 0 saturated heterocycles. The molecular formula is C12H28. The fourth-order valence-electron chi connectivity index (χ4n) is 0.479. The molecule has 0 unspecified atom stereocenters. The second kappa shape index (κ2) is 22.4. The first-order chi connectivity index (χ1) is 5.68. The summed E-state index contributed by atoms with van der Waals surface area (Å²) in [6.45, 7) is 16.3. The summed E-state index contributed by atoms with van der Waals surface area (Å²) in [5.41, 5.74) is 1.31. The summed E-state index contributed by atoms with van der Waals surface area (Å²) in [6.07, 6.45) is 5.04. The molecule has 0 heterocycles. The zero-order chi connectivity index (χ0) is 10.4. The van der Waals surface area contributed by atoms with Gasteiger partial charge in [-0.15, -0.1) is 6.58 Å². The third-order valence-electron chi connectivity index (χ3n) is 0.957.